The number of anilines is 2. The lowest BCUT2D eigenvalue weighted by Crippen LogP contribution is -2.27. The summed E-state index contributed by atoms with van der Waals surface area (Å²) in [6.45, 7) is 6.62. The van der Waals surface area contributed by atoms with Crippen molar-refractivity contribution < 1.29 is 19.0 Å². The highest BCUT2D eigenvalue weighted by Crippen LogP contribution is 2.29. The van der Waals surface area contributed by atoms with Crippen molar-refractivity contribution in [1.82, 2.24) is 0 Å². The molecule has 0 saturated heterocycles. The third kappa shape index (κ3) is 7.23. The number of ether oxygens (including phenoxy) is 3. The fourth-order valence-electron chi connectivity index (χ4n) is 2.98. The van der Waals surface area contributed by atoms with Crippen molar-refractivity contribution in [3.05, 3.63) is 83.9 Å². The molecular weight excluding hydrogens is 404 g/mol. The van der Waals surface area contributed by atoms with Crippen molar-refractivity contribution in [3.8, 4) is 11.5 Å². The fourth-order valence-corrected chi connectivity index (χ4v) is 2.98. The first-order valence-corrected chi connectivity index (χ1v) is 10.5. The summed E-state index contributed by atoms with van der Waals surface area (Å²) in [5.74, 6) is 1.38. The van der Waals surface area contributed by atoms with E-state index in [1.165, 1.54) is 0 Å². The lowest BCUT2D eigenvalue weighted by atomic mass is 10.2. The molecule has 3 rings (SSSR count). The van der Waals surface area contributed by atoms with Crippen molar-refractivity contribution >= 4 is 17.5 Å². The average Bonchev–Trinajstić information content (AvgIpc) is 2.76. The summed E-state index contributed by atoms with van der Waals surface area (Å²) in [5, 5.41) is 6.11. The SMILES string of the molecule is COc1ccc(NCc2ccc(OCc3ccccc3)cc2)cc1NC(=O)OC(C)(C)C. The molecule has 6 nitrogen and oxygen atoms in total. The van der Waals surface area contributed by atoms with Crippen molar-refractivity contribution in [3.63, 3.8) is 0 Å². The van der Waals surface area contributed by atoms with Gasteiger partial charge in [-0.25, -0.2) is 4.79 Å². The molecule has 3 aromatic carbocycles. The standard InChI is InChI=1S/C26H30N2O4/c1-26(2,3)32-25(29)28-23-16-21(12-15-24(23)30-4)27-17-19-10-13-22(14-11-19)31-18-20-8-6-5-7-9-20/h5-16,27H,17-18H2,1-4H3,(H,28,29). The Balaban J connectivity index is 1.57. The molecule has 0 bridgehead atoms. The van der Waals surface area contributed by atoms with E-state index >= 15 is 0 Å². The van der Waals surface area contributed by atoms with E-state index in [9.17, 15) is 4.79 Å². The van der Waals surface area contributed by atoms with Gasteiger partial charge in [-0.3, -0.25) is 5.32 Å². The second-order valence-corrected chi connectivity index (χ2v) is 8.31. The van der Waals surface area contributed by atoms with Gasteiger partial charge < -0.3 is 19.5 Å². The van der Waals surface area contributed by atoms with Crippen molar-refractivity contribution in [2.75, 3.05) is 17.7 Å². The minimum Gasteiger partial charge on any atom is -0.495 e. The largest absolute Gasteiger partial charge is 0.495 e. The number of methoxy groups -OCH3 is 1. The van der Waals surface area contributed by atoms with Gasteiger partial charge in [0.2, 0.25) is 0 Å². The van der Waals surface area contributed by atoms with Gasteiger partial charge in [0, 0.05) is 12.2 Å². The van der Waals surface area contributed by atoms with Crippen LogP contribution in [0.1, 0.15) is 31.9 Å². The molecule has 168 valence electrons. The minimum absolute atomic E-state index is 0.529. The maximum absolute atomic E-state index is 12.1. The fraction of sp³-hybridized carbons (Fsp3) is 0.269. The van der Waals surface area contributed by atoms with E-state index in [1.54, 1.807) is 13.2 Å². The van der Waals surface area contributed by atoms with Crippen LogP contribution in [-0.2, 0) is 17.9 Å². The maximum atomic E-state index is 12.1. The summed E-state index contributed by atoms with van der Waals surface area (Å²) >= 11 is 0. The first-order chi connectivity index (χ1) is 15.3. The molecule has 32 heavy (non-hydrogen) atoms. The molecule has 0 spiro atoms. The van der Waals surface area contributed by atoms with Crippen LogP contribution in [0, 0.1) is 0 Å². The van der Waals surface area contributed by atoms with Gasteiger partial charge in [0.1, 0.15) is 23.7 Å². The smallest absolute Gasteiger partial charge is 0.412 e. The molecule has 0 unspecified atom stereocenters. The summed E-state index contributed by atoms with van der Waals surface area (Å²) in [5.41, 5.74) is 3.05. The Morgan fingerprint density at radius 1 is 0.906 bits per heavy atom. The molecule has 0 aliphatic rings. The van der Waals surface area contributed by atoms with Crippen molar-refractivity contribution in [2.45, 2.75) is 39.5 Å². The third-order valence-electron chi connectivity index (χ3n) is 4.50. The Kier molecular flexibility index (Phi) is 7.60. The van der Waals surface area contributed by atoms with Gasteiger partial charge in [-0.05, 0) is 62.2 Å². The van der Waals surface area contributed by atoms with Gasteiger partial charge in [-0.15, -0.1) is 0 Å². The molecule has 3 aromatic rings. The summed E-state index contributed by atoms with van der Waals surface area (Å²) in [4.78, 5) is 12.1. The summed E-state index contributed by atoms with van der Waals surface area (Å²) < 4.78 is 16.5. The summed E-state index contributed by atoms with van der Waals surface area (Å²) in [7, 11) is 1.56. The molecule has 0 radical (unpaired) electrons. The van der Waals surface area contributed by atoms with Crippen LogP contribution < -0.4 is 20.1 Å². The van der Waals surface area contributed by atoms with Crippen LogP contribution in [0.15, 0.2) is 72.8 Å². The summed E-state index contributed by atoms with van der Waals surface area (Å²) in [6, 6.07) is 23.6. The van der Waals surface area contributed by atoms with Crippen LogP contribution in [0.5, 0.6) is 11.5 Å². The molecule has 0 aromatic heterocycles. The lowest BCUT2D eigenvalue weighted by molar-refractivity contribution is 0.0635. The predicted octanol–water partition coefficient (Wildman–Crippen LogP) is 6.23. The highest BCUT2D eigenvalue weighted by Gasteiger charge is 2.17. The highest BCUT2D eigenvalue weighted by molar-refractivity contribution is 5.88. The van der Waals surface area contributed by atoms with Crippen LogP contribution in [0.4, 0.5) is 16.2 Å². The zero-order chi connectivity index (χ0) is 23.0. The van der Waals surface area contributed by atoms with Crippen LogP contribution in [0.2, 0.25) is 0 Å². The van der Waals surface area contributed by atoms with E-state index < -0.39 is 11.7 Å². The number of rotatable bonds is 8. The number of amides is 1. The third-order valence-corrected chi connectivity index (χ3v) is 4.50. The van der Waals surface area contributed by atoms with Crippen molar-refractivity contribution in [2.24, 2.45) is 0 Å². The van der Waals surface area contributed by atoms with Crippen LogP contribution >= 0.6 is 0 Å². The molecule has 2 N–H and O–H groups in total. The first-order valence-electron chi connectivity index (χ1n) is 10.5. The second kappa shape index (κ2) is 10.6. The van der Waals surface area contributed by atoms with Crippen LogP contribution in [-0.4, -0.2) is 18.8 Å². The zero-order valence-electron chi connectivity index (χ0n) is 19.0. The Labute approximate surface area is 189 Å². The monoisotopic (exact) mass is 434 g/mol. The molecule has 0 fully saturated rings. The Bertz CT molecular complexity index is 1010. The van der Waals surface area contributed by atoms with E-state index in [1.807, 2.05) is 87.5 Å². The van der Waals surface area contributed by atoms with E-state index in [0.717, 1.165) is 22.6 Å². The van der Waals surface area contributed by atoms with Gasteiger partial charge in [0.25, 0.3) is 0 Å². The van der Waals surface area contributed by atoms with Crippen LogP contribution in [0.3, 0.4) is 0 Å². The van der Waals surface area contributed by atoms with E-state index in [4.69, 9.17) is 14.2 Å². The Morgan fingerprint density at radius 3 is 2.28 bits per heavy atom. The molecule has 1 amide bonds. The van der Waals surface area contributed by atoms with E-state index in [-0.39, 0.29) is 0 Å². The van der Waals surface area contributed by atoms with E-state index in [2.05, 4.69) is 10.6 Å². The van der Waals surface area contributed by atoms with Gasteiger partial charge >= 0.3 is 6.09 Å². The van der Waals surface area contributed by atoms with Gasteiger partial charge in [-0.2, -0.15) is 0 Å². The second-order valence-electron chi connectivity index (χ2n) is 8.31. The number of nitrogens with one attached hydrogen (secondary N) is 2. The Morgan fingerprint density at radius 2 is 1.62 bits per heavy atom. The zero-order valence-corrected chi connectivity index (χ0v) is 19.0. The molecule has 0 aliphatic heterocycles. The molecule has 0 saturated carbocycles. The lowest BCUT2D eigenvalue weighted by Gasteiger charge is -2.20. The number of benzene rings is 3. The molecule has 0 atom stereocenters. The van der Waals surface area contributed by atoms with E-state index in [0.29, 0.717) is 24.6 Å². The Hall–Kier alpha value is -3.67. The maximum Gasteiger partial charge on any atom is 0.412 e. The van der Waals surface area contributed by atoms with Gasteiger partial charge in [0.15, 0.2) is 0 Å². The van der Waals surface area contributed by atoms with Gasteiger partial charge in [0.05, 0.1) is 12.8 Å². The molecular formula is C26H30N2O4. The van der Waals surface area contributed by atoms with Crippen LogP contribution in [0.25, 0.3) is 0 Å². The molecule has 0 heterocycles. The summed E-state index contributed by atoms with van der Waals surface area (Å²) in [6.07, 6.45) is -0.529. The normalized spacial score (nSPS) is 10.9. The van der Waals surface area contributed by atoms with Crippen molar-refractivity contribution in [1.29, 1.82) is 0 Å². The number of carbonyl (C=O) groups is 1. The number of carbonyl (C=O) groups excluding carboxylic acids is 1. The minimum atomic E-state index is -0.579. The number of hydrogen-bond donors (Lipinski definition) is 2. The predicted molar refractivity (Wildman–Crippen MR) is 127 cm³/mol. The number of hydrogen-bond acceptors (Lipinski definition) is 5. The highest BCUT2D eigenvalue weighted by atomic mass is 16.6. The topological polar surface area (TPSA) is 68.8 Å². The molecule has 0 aliphatic carbocycles. The molecule has 6 heteroatoms. The average molecular weight is 435 g/mol. The first kappa shape index (κ1) is 23.0. The quantitative estimate of drug-likeness (QED) is 0.440. The van der Waals surface area contributed by atoms with Gasteiger partial charge in [-0.1, -0.05) is 42.5 Å².